The van der Waals surface area contributed by atoms with Gasteiger partial charge in [0.2, 0.25) is 0 Å². The van der Waals surface area contributed by atoms with E-state index in [1.54, 1.807) is 6.92 Å². The van der Waals surface area contributed by atoms with E-state index in [0.29, 0.717) is 0 Å². The second kappa shape index (κ2) is 5.34. The van der Waals surface area contributed by atoms with Crippen molar-refractivity contribution in [1.29, 1.82) is 0 Å². The Balaban J connectivity index is 4.10. The quantitative estimate of drug-likeness (QED) is 0.780. The van der Waals surface area contributed by atoms with Gasteiger partial charge in [0.25, 0.3) is 0 Å². The van der Waals surface area contributed by atoms with Crippen LogP contribution < -0.4 is 0 Å². The molecule has 0 radical (unpaired) electrons. The molecule has 0 bridgehead atoms. The first-order valence-electron chi connectivity index (χ1n) is 4.65. The minimum Gasteiger partial charge on any atom is -0.481 e. The fourth-order valence-electron chi connectivity index (χ4n) is 1.09. The van der Waals surface area contributed by atoms with Crippen LogP contribution in [-0.2, 0) is 4.79 Å². The summed E-state index contributed by atoms with van der Waals surface area (Å²) in [6.45, 7) is 2.91. The van der Waals surface area contributed by atoms with E-state index in [-0.39, 0.29) is 6.54 Å². The topological polar surface area (TPSA) is 40.5 Å². The summed E-state index contributed by atoms with van der Waals surface area (Å²) in [5.41, 5.74) is 0. The van der Waals surface area contributed by atoms with Gasteiger partial charge in [-0.05, 0) is 14.0 Å². The van der Waals surface area contributed by atoms with Crippen molar-refractivity contribution in [2.75, 3.05) is 13.6 Å². The summed E-state index contributed by atoms with van der Waals surface area (Å²) < 4.78 is 35.7. The molecule has 0 rings (SSSR count). The van der Waals surface area contributed by atoms with E-state index in [0.717, 1.165) is 0 Å². The van der Waals surface area contributed by atoms with Gasteiger partial charge in [-0.25, -0.2) is 0 Å². The van der Waals surface area contributed by atoms with Crippen LogP contribution in [0.4, 0.5) is 13.2 Å². The summed E-state index contributed by atoms with van der Waals surface area (Å²) in [6, 6.07) is -0.412. The number of carbonyl (C=O) groups is 1. The van der Waals surface area contributed by atoms with Gasteiger partial charge < -0.3 is 10.0 Å². The van der Waals surface area contributed by atoms with Crippen molar-refractivity contribution in [3.63, 3.8) is 0 Å². The first-order valence-corrected chi connectivity index (χ1v) is 4.65. The fraction of sp³-hybridized carbons (Fsp3) is 0.889. The number of carboxylic acids is 1. The molecule has 0 aromatic rings. The zero-order valence-electron chi connectivity index (χ0n) is 9.01. The largest absolute Gasteiger partial charge is 0.481 e. The van der Waals surface area contributed by atoms with Crippen LogP contribution in [0.2, 0.25) is 0 Å². The van der Waals surface area contributed by atoms with Gasteiger partial charge in [-0.3, -0.25) is 4.79 Å². The van der Waals surface area contributed by atoms with Crippen LogP contribution in [0.25, 0.3) is 0 Å². The molecule has 0 spiro atoms. The van der Waals surface area contributed by atoms with Gasteiger partial charge in [0.15, 0.2) is 0 Å². The molecule has 0 amide bonds. The zero-order valence-corrected chi connectivity index (χ0v) is 9.01. The Hall–Kier alpha value is -0.780. The number of aliphatic carboxylic acids is 1. The van der Waals surface area contributed by atoms with Crippen LogP contribution in [-0.4, -0.2) is 41.8 Å². The summed E-state index contributed by atoms with van der Waals surface area (Å²) in [7, 11) is 1.50. The van der Waals surface area contributed by atoms with E-state index in [9.17, 15) is 18.0 Å². The Morgan fingerprint density at radius 3 is 2.20 bits per heavy atom. The third-order valence-corrected chi connectivity index (χ3v) is 2.56. The molecular formula is C9H16F3NO2. The lowest BCUT2D eigenvalue weighted by molar-refractivity contribution is -0.145. The van der Waals surface area contributed by atoms with E-state index in [1.807, 2.05) is 0 Å². The summed E-state index contributed by atoms with van der Waals surface area (Å²) in [6.07, 6.45) is -5.11. The first kappa shape index (κ1) is 14.2. The molecule has 1 N–H and O–H groups in total. The van der Waals surface area contributed by atoms with Crippen molar-refractivity contribution in [3.8, 4) is 0 Å². The number of hydrogen-bond acceptors (Lipinski definition) is 2. The molecule has 0 aliphatic heterocycles. The normalized spacial score (nSPS) is 16.5. The Kier molecular flexibility index (Phi) is 5.07. The van der Waals surface area contributed by atoms with Crippen molar-refractivity contribution in [1.82, 2.24) is 4.90 Å². The van der Waals surface area contributed by atoms with Crippen molar-refractivity contribution in [3.05, 3.63) is 0 Å². The SMILES string of the molecule is CC(C(=O)O)C(C)N(C)CCC(F)(F)F. The molecule has 0 saturated carbocycles. The summed E-state index contributed by atoms with van der Waals surface area (Å²) >= 11 is 0. The number of nitrogens with zero attached hydrogens (tertiary/aromatic N) is 1. The Bertz CT molecular complexity index is 218. The highest BCUT2D eigenvalue weighted by Crippen LogP contribution is 2.20. The predicted molar refractivity (Wildman–Crippen MR) is 49.6 cm³/mol. The molecule has 0 aliphatic carbocycles. The third kappa shape index (κ3) is 5.61. The molecule has 0 aromatic carbocycles. The number of carboxylic acid groups (broad SMARTS) is 1. The van der Waals surface area contributed by atoms with Gasteiger partial charge in [0.05, 0.1) is 12.3 Å². The van der Waals surface area contributed by atoms with Gasteiger partial charge in [-0.15, -0.1) is 0 Å². The molecule has 0 saturated heterocycles. The summed E-state index contributed by atoms with van der Waals surface area (Å²) in [5.74, 6) is -1.68. The molecule has 0 heterocycles. The highest BCUT2D eigenvalue weighted by Gasteiger charge is 2.29. The average molecular weight is 227 g/mol. The van der Waals surface area contributed by atoms with Crippen LogP contribution in [0.1, 0.15) is 20.3 Å². The van der Waals surface area contributed by atoms with Gasteiger partial charge in [-0.1, -0.05) is 6.92 Å². The van der Waals surface area contributed by atoms with Crippen LogP contribution in [0.3, 0.4) is 0 Å². The fourth-order valence-corrected chi connectivity index (χ4v) is 1.09. The van der Waals surface area contributed by atoms with Crippen LogP contribution in [0.15, 0.2) is 0 Å². The molecule has 0 aliphatic rings. The molecule has 3 nitrogen and oxygen atoms in total. The lowest BCUT2D eigenvalue weighted by Crippen LogP contribution is -2.39. The van der Waals surface area contributed by atoms with Crippen molar-refractivity contribution in [2.45, 2.75) is 32.5 Å². The van der Waals surface area contributed by atoms with E-state index in [2.05, 4.69) is 0 Å². The highest BCUT2D eigenvalue weighted by molar-refractivity contribution is 5.70. The number of rotatable bonds is 5. The van der Waals surface area contributed by atoms with E-state index in [1.165, 1.54) is 18.9 Å². The maximum absolute atomic E-state index is 11.9. The van der Waals surface area contributed by atoms with Crippen molar-refractivity contribution < 1.29 is 23.1 Å². The lowest BCUT2D eigenvalue weighted by Gasteiger charge is -2.27. The molecular weight excluding hydrogens is 211 g/mol. The standard InChI is InChI=1S/C9H16F3NO2/c1-6(8(14)15)7(2)13(3)5-4-9(10,11)12/h6-7H,4-5H2,1-3H3,(H,14,15). The first-order chi connectivity index (χ1) is 6.65. The average Bonchev–Trinajstić information content (AvgIpc) is 2.10. The molecule has 0 fully saturated rings. The molecule has 90 valence electrons. The number of halogens is 3. The highest BCUT2D eigenvalue weighted by atomic mass is 19.4. The van der Waals surface area contributed by atoms with E-state index in [4.69, 9.17) is 5.11 Å². The number of alkyl halides is 3. The maximum atomic E-state index is 11.9. The zero-order chi connectivity index (χ0) is 12.2. The number of hydrogen-bond donors (Lipinski definition) is 1. The predicted octanol–water partition coefficient (Wildman–Crippen LogP) is 1.98. The van der Waals surface area contributed by atoms with Gasteiger partial charge in [-0.2, -0.15) is 13.2 Å². The summed E-state index contributed by atoms with van der Waals surface area (Å²) in [4.78, 5) is 12.0. The Labute approximate surface area is 86.9 Å². The van der Waals surface area contributed by atoms with Gasteiger partial charge in [0.1, 0.15) is 0 Å². The lowest BCUT2D eigenvalue weighted by atomic mass is 10.0. The van der Waals surface area contributed by atoms with Gasteiger partial charge >= 0.3 is 12.1 Å². The minimum absolute atomic E-state index is 0.178. The Morgan fingerprint density at radius 2 is 1.87 bits per heavy atom. The van der Waals surface area contributed by atoms with Crippen molar-refractivity contribution >= 4 is 5.97 Å². The third-order valence-electron chi connectivity index (χ3n) is 2.56. The van der Waals surface area contributed by atoms with Crippen molar-refractivity contribution in [2.24, 2.45) is 5.92 Å². The molecule has 6 heteroatoms. The minimum atomic E-state index is -4.19. The van der Waals surface area contributed by atoms with E-state index >= 15 is 0 Å². The Morgan fingerprint density at radius 1 is 1.40 bits per heavy atom. The monoisotopic (exact) mass is 227 g/mol. The van der Waals surface area contributed by atoms with E-state index < -0.39 is 30.5 Å². The smallest absolute Gasteiger partial charge is 0.390 e. The molecule has 0 aromatic heterocycles. The molecule has 2 unspecified atom stereocenters. The molecule has 2 atom stereocenters. The van der Waals surface area contributed by atoms with Gasteiger partial charge in [0, 0.05) is 12.6 Å². The molecule has 15 heavy (non-hydrogen) atoms. The second-order valence-corrected chi connectivity index (χ2v) is 3.71. The van der Waals surface area contributed by atoms with Crippen LogP contribution in [0, 0.1) is 5.92 Å². The summed E-state index contributed by atoms with van der Waals surface area (Å²) in [5, 5.41) is 8.68. The van der Waals surface area contributed by atoms with Crippen LogP contribution in [0.5, 0.6) is 0 Å². The van der Waals surface area contributed by atoms with Crippen LogP contribution >= 0.6 is 0 Å². The second-order valence-electron chi connectivity index (χ2n) is 3.71. The maximum Gasteiger partial charge on any atom is 0.390 e.